The molecule has 0 unspecified atom stereocenters. The molecule has 0 atom stereocenters. The highest BCUT2D eigenvalue weighted by atomic mass is 32.2. The van der Waals surface area contributed by atoms with Gasteiger partial charge >= 0.3 is 0 Å². The van der Waals surface area contributed by atoms with Crippen LogP contribution in [-0.4, -0.2) is 35.6 Å². The van der Waals surface area contributed by atoms with Gasteiger partial charge in [0.1, 0.15) is 5.82 Å². The Bertz CT molecular complexity index is 754. The first kappa shape index (κ1) is 21.3. The Balaban J connectivity index is 1.51. The Labute approximate surface area is 167 Å². The van der Waals surface area contributed by atoms with E-state index in [9.17, 15) is 14.0 Å². The summed E-state index contributed by atoms with van der Waals surface area (Å²) in [5.41, 5.74) is 1.85. The molecule has 0 radical (unpaired) electrons. The van der Waals surface area contributed by atoms with Crippen LogP contribution < -0.4 is 10.6 Å². The van der Waals surface area contributed by atoms with E-state index in [4.69, 9.17) is 0 Å². The van der Waals surface area contributed by atoms with Crippen molar-refractivity contribution in [2.45, 2.75) is 18.2 Å². The summed E-state index contributed by atoms with van der Waals surface area (Å²) in [4.78, 5) is 24.7. The Hall–Kier alpha value is -1.99. The van der Waals surface area contributed by atoms with Crippen LogP contribution in [0.15, 0.2) is 53.4 Å². The van der Waals surface area contributed by atoms with Gasteiger partial charge in [0, 0.05) is 17.1 Å². The number of amides is 2. The quantitative estimate of drug-likeness (QED) is 0.461. The smallest absolute Gasteiger partial charge is 0.234 e. The summed E-state index contributed by atoms with van der Waals surface area (Å²) >= 11 is 2.92. The molecule has 0 bridgehead atoms. The van der Waals surface area contributed by atoms with Crippen molar-refractivity contribution in [1.82, 2.24) is 5.32 Å². The van der Waals surface area contributed by atoms with Crippen molar-refractivity contribution in [3.05, 3.63) is 59.9 Å². The molecule has 0 saturated heterocycles. The van der Waals surface area contributed by atoms with Gasteiger partial charge in [-0.15, -0.1) is 23.5 Å². The van der Waals surface area contributed by atoms with Crippen LogP contribution in [0.4, 0.5) is 10.1 Å². The average molecular weight is 407 g/mol. The van der Waals surface area contributed by atoms with Gasteiger partial charge in [0.15, 0.2) is 0 Å². The zero-order valence-electron chi connectivity index (χ0n) is 15.2. The monoisotopic (exact) mass is 406 g/mol. The average Bonchev–Trinajstić information content (AvgIpc) is 2.63. The number of thioether (sulfide) groups is 2. The van der Waals surface area contributed by atoms with Crippen molar-refractivity contribution >= 4 is 41.0 Å². The van der Waals surface area contributed by atoms with Crippen LogP contribution in [0.1, 0.15) is 12.0 Å². The van der Waals surface area contributed by atoms with E-state index in [0.29, 0.717) is 6.54 Å². The van der Waals surface area contributed by atoms with Crippen molar-refractivity contribution < 1.29 is 14.0 Å². The number of carbonyl (C=O) groups is 2. The predicted octanol–water partition coefficient (Wildman–Crippen LogP) is 4.10. The second-order valence-electron chi connectivity index (χ2n) is 5.92. The third-order valence-corrected chi connectivity index (χ3v) is 5.52. The predicted molar refractivity (Wildman–Crippen MR) is 112 cm³/mol. The lowest BCUT2D eigenvalue weighted by Crippen LogP contribution is -2.27. The minimum absolute atomic E-state index is 0.0739. The Morgan fingerprint density at radius 1 is 1.04 bits per heavy atom. The van der Waals surface area contributed by atoms with E-state index in [2.05, 4.69) is 10.6 Å². The summed E-state index contributed by atoms with van der Waals surface area (Å²) in [6.45, 7) is 2.55. The summed E-state index contributed by atoms with van der Waals surface area (Å²) in [6.07, 6.45) is 0.826. The van der Waals surface area contributed by atoms with Gasteiger partial charge < -0.3 is 10.6 Å². The number of nitrogens with one attached hydrogen (secondary N) is 2. The largest absolute Gasteiger partial charge is 0.355 e. The van der Waals surface area contributed by atoms with Gasteiger partial charge in [0.2, 0.25) is 11.8 Å². The maximum atomic E-state index is 12.8. The van der Waals surface area contributed by atoms with Gasteiger partial charge in [-0.25, -0.2) is 4.39 Å². The van der Waals surface area contributed by atoms with Crippen molar-refractivity contribution in [3.8, 4) is 0 Å². The van der Waals surface area contributed by atoms with Crippen LogP contribution >= 0.6 is 23.5 Å². The first-order valence-electron chi connectivity index (χ1n) is 8.62. The van der Waals surface area contributed by atoms with Gasteiger partial charge in [-0.1, -0.05) is 12.1 Å². The van der Waals surface area contributed by atoms with E-state index in [0.717, 1.165) is 28.3 Å². The Morgan fingerprint density at radius 2 is 1.78 bits per heavy atom. The molecule has 0 fully saturated rings. The van der Waals surface area contributed by atoms with Crippen LogP contribution in [0.25, 0.3) is 0 Å². The molecule has 2 aromatic rings. The summed E-state index contributed by atoms with van der Waals surface area (Å²) in [5.74, 6) is 0.910. The fraction of sp³-hybridized carbons (Fsp3) is 0.300. The molecule has 0 aliphatic rings. The lowest BCUT2D eigenvalue weighted by molar-refractivity contribution is -0.118. The van der Waals surface area contributed by atoms with Gasteiger partial charge in [0.25, 0.3) is 0 Å². The molecule has 2 N–H and O–H groups in total. The van der Waals surface area contributed by atoms with Crippen LogP contribution in [0.2, 0.25) is 0 Å². The molecule has 2 amide bonds. The highest BCUT2D eigenvalue weighted by Crippen LogP contribution is 2.18. The number of aryl methyl sites for hydroxylation is 1. The molecule has 0 heterocycles. The van der Waals surface area contributed by atoms with Crippen LogP contribution in [0.3, 0.4) is 0 Å². The molecule has 0 saturated carbocycles. The summed E-state index contributed by atoms with van der Waals surface area (Å²) in [7, 11) is 0. The molecule has 0 aliphatic heterocycles. The fourth-order valence-electron chi connectivity index (χ4n) is 2.23. The second-order valence-corrected chi connectivity index (χ2v) is 8.07. The molecule has 144 valence electrons. The minimum Gasteiger partial charge on any atom is -0.355 e. The SMILES string of the molecule is Cc1cccc(NC(=O)CSCC(=O)NCCCSc2ccc(F)cc2)c1. The molecule has 7 heteroatoms. The van der Waals surface area contributed by atoms with Crippen LogP contribution in [0.5, 0.6) is 0 Å². The highest BCUT2D eigenvalue weighted by molar-refractivity contribution is 8.00. The number of benzene rings is 2. The molecule has 4 nitrogen and oxygen atoms in total. The van der Waals surface area contributed by atoms with Crippen molar-refractivity contribution in [2.75, 3.05) is 29.1 Å². The molecular formula is C20H23FN2O2S2. The third-order valence-electron chi connectivity index (χ3n) is 3.49. The first-order chi connectivity index (χ1) is 13.0. The van der Waals surface area contributed by atoms with Gasteiger partial charge in [-0.3, -0.25) is 9.59 Å². The van der Waals surface area contributed by atoms with Crippen LogP contribution in [-0.2, 0) is 9.59 Å². The van der Waals surface area contributed by atoms with Crippen molar-refractivity contribution in [1.29, 1.82) is 0 Å². The first-order valence-corrected chi connectivity index (χ1v) is 10.8. The standard InChI is InChI=1S/C20H23FN2O2S2/c1-15-4-2-5-17(12-15)23-20(25)14-26-13-19(24)22-10-3-11-27-18-8-6-16(21)7-9-18/h2,4-9,12H,3,10-11,13-14H2,1H3,(H,22,24)(H,23,25). The van der Waals surface area contributed by atoms with Gasteiger partial charge in [0.05, 0.1) is 11.5 Å². The van der Waals surface area contributed by atoms with Crippen LogP contribution in [0, 0.1) is 12.7 Å². The normalized spacial score (nSPS) is 10.4. The van der Waals surface area contributed by atoms with Crippen molar-refractivity contribution in [3.63, 3.8) is 0 Å². The molecule has 0 aromatic heterocycles. The third kappa shape index (κ3) is 8.97. The Morgan fingerprint density at radius 3 is 2.52 bits per heavy atom. The lowest BCUT2D eigenvalue weighted by Gasteiger charge is -2.07. The highest BCUT2D eigenvalue weighted by Gasteiger charge is 2.06. The molecule has 2 rings (SSSR count). The zero-order chi connectivity index (χ0) is 19.5. The molecule has 2 aromatic carbocycles. The maximum absolute atomic E-state index is 12.8. The van der Waals surface area contributed by atoms with Gasteiger partial charge in [-0.05, 0) is 61.1 Å². The fourth-order valence-corrected chi connectivity index (χ4v) is 3.73. The van der Waals surface area contributed by atoms with Crippen molar-refractivity contribution in [2.24, 2.45) is 0 Å². The minimum atomic E-state index is -0.239. The number of halogens is 1. The number of hydrogen-bond donors (Lipinski definition) is 2. The number of carbonyl (C=O) groups excluding carboxylic acids is 2. The topological polar surface area (TPSA) is 58.2 Å². The van der Waals surface area contributed by atoms with E-state index in [1.807, 2.05) is 31.2 Å². The summed E-state index contributed by atoms with van der Waals surface area (Å²) in [6, 6.07) is 14.0. The second kappa shape index (κ2) is 11.7. The lowest BCUT2D eigenvalue weighted by atomic mass is 10.2. The molecule has 27 heavy (non-hydrogen) atoms. The number of rotatable bonds is 10. The molecule has 0 aliphatic carbocycles. The summed E-state index contributed by atoms with van der Waals surface area (Å²) in [5, 5.41) is 5.66. The van der Waals surface area contributed by atoms with E-state index in [1.54, 1.807) is 23.9 Å². The van der Waals surface area contributed by atoms with E-state index < -0.39 is 0 Å². The summed E-state index contributed by atoms with van der Waals surface area (Å²) < 4.78 is 12.8. The van der Waals surface area contributed by atoms with E-state index >= 15 is 0 Å². The maximum Gasteiger partial charge on any atom is 0.234 e. The number of anilines is 1. The zero-order valence-corrected chi connectivity index (χ0v) is 16.8. The Kier molecular flexibility index (Phi) is 9.21. The molecule has 0 spiro atoms. The molecular weight excluding hydrogens is 383 g/mol. The van der Waals surface area contributed by atoms with E-state index in [1.165, 1.54) is 23.9 Å². The van der Waals surface area contributed by atoms with Gasteiger partial charge in [-0.2, -0.15) is 0 Å². The number of hydrogen-bond acceptors (Lipinski definition) is 4. The van der Waals surface area contributed by atoms with E-state index in [-0.39, 0.29) is 29.1 Å².